The second kappa shape index (κ2) is 9.17. The van der Waals surface area contributed by atoms with Crippen molar-refractivity contribution in [2.45, 2.75) is 31.3 Å². The van der Waals surface area contributed by atoms with Gasteiger partial charge in [0, 0.05) is 16.7 Å². The molecule has 3 aromatic carbocycles. The Balaban J connectivity index is 1.81. The van der Waals surface area contributed by atoms with Crippen molar-refractivity contribution >= 4 is 11.9 Å². The van der Waals surface area contributed by atoms with Crippen molar-refractivity contribution in [3.63, 3.8) is 0 Å². The first-order valence-electron chi connectivity index (χ1n) is 10.7. The molecule has 0 bridgehead atoms. The van der Waals surface area contributed by atoms with Crippen LogP contribution >= 0.6 is 0 Å². The summed E-state index contributed by atoms with van der Waals surface area (Å²) in [5, 5.41) is 9.45. The Bertz CT molecular complexity index is 918. The normalized spacial score (nSPS) is 18.8. The van der Waals surface area contributed by atoms with Crippen molar-refractivity contribution in [3.8, 4) is 0 Å². The molecule has 2 atom stereocenters. The van der Waals surface area contributed by atoms with Gasteiger partial charge in [-0.2, -0.15) is 0 Å². The first-order valence-corrected chi connectivity index (χ1v) is 10.7. The van der Waals surface area contributed by atoms with E-state index in [-0.39, 0.29) is 5.97 Å². The van der Waals surface area contributed by atoms with E-state index in [1.54, 1.807) is 0 Å². The number of carbonyl (C=O) groups is 2. The number of carbonyl (C=O) groups excluding carboxylic acids is 1. The molecule has 0 saturated heterocycles. The molecule has 0 heterocycles. The van der Waals surface area contributed by atoms with E-state index in [1.807, 2.05) is 91.0 Å². The zero-order valence-corrected chi connectivity index (χ0v) is 17.3. The van der Waals surface area contributed by atoms with E-state index in [9.17, 15) is 14.7 Å². The highest BCUT2D eigenvalue weighted by atomic mass is 16.6. The maximum atomic E-state index is 13.5. The maximum absolute atomic E-state index is 13.5. The lowest BCUT2D eigenvalue weighted by molar-refractivity contribution is -0.161. The minimum absolute atomic E-state index is 0.322. The predicted molar refractivity (Wildman–Crippen MR) is 118 cm³/mol. The summed E-state index contributed by atoms with van der Waals surface area (Å²) in [6.45, 7) is 0. The van der Waals surface area contributed by atoms with Crippen LogP contribution in [0.3, 0.4) is 0 Å². The molecule has 1 fully saturated rings. The van der Waals surface area contributed by atoms with Gasteiger partial charge >= 0.3 is 11.9 Å². The van der Waals surface area contributed by atoms with Crippen molar-refractivity contribution in [2.75, 3.05) is 0 Å². The molecule has 0 amide bonds. The average molecular weight is 415 g/mol. The second-order valence-corrected chi connectivity index (χ2v) is 8.10. The van der Waals surface area contributed by atoms with E-state index in [4.69, 9.17) is 4.74 Å². The molecule has 1 aliphatic rings. The molecular formula is C27H26O4. The molecular weight excluding hydrogens is 388 g/mol. The van der Waals surface area contributed by atoms with E-state index >= 15 is 0 Å². The monoisotopic (exact) mass is 414 g/mol. The van der Waals surface area contributed by atoms with Crippen molar-refractivity contribution in [2.24, 2.45) is 11.8 Å². The molecule has 1 N–H and O–H groups in total. The maximum Gasteiger partial charge on any atom is 0.310 e. The zero-order valence-electron chi connectivity index (χ0n) is 17.3. The first kappa shape index (κ1) is 20.9. The van der Waals surface area contributed by atoms with Crippen LogP contribution in [-0.4, -0.2) is 17.0 Å². The van der Waals surface area contributed by atoms with Crippen molar-refractivity contribution < 1.29 is 19.4 Å². The van der Waals surface area contributed by atoms with Gasteiger partial charge in [-0.25, -0.2) is 0 Å². The Kier molecular flexibility index (Phi) is 6.17. The molecule has 4 nitrogen and oxygen atoms in total. The summed E-state index contributed by atoms with van der Waals surface area (Å²) in [5.74, 6) is -2.10. The smallest absolute Gasteiger partial charge is 0.310 e. The minimum atomic E-state index is -1.11. The van der Waals surface area contributed by atoms with Crippen molar-refractivity contribution in [1.29, 1.82) is 0 Å². The van der Waals surface area contributed by atoms with Gasteiger partial charge in [0.05, 0.1) is 11.8 Å². The van der Waals surface area contributed by atoms with Gasteiger partial charge < -0.3 is 9.84 Å². The van der Waals surface area contributed by atoms with Crippen LogP contribution in [0.25, 0.3) is 0 Å². The van der Waals surface area contributed by atoms with E-state index in [0.29, 0.717) is 25.7 Å². The summed E-state index contributed by atoms with van der Waals surface area (Å²) < 4.78 is 6.43. The average Bonchev–Trinajstić information content (AvgIpc) is 2.84. The number of esters is 1. The van der Waals surface area contributed by atoms with Crippen molar-refractivity contribution in [3.05, 3.63) is 108 Å². The standard InChI is InChI=1S/C27H26O4/c28-25(29)20-11-10-12-21(19-20)26(30)31-27(22-13-4-1-5-14-22,23-15-6-2-7-16-23)24-17-8-3-9-18-24/h1-9,13-18,20-21H,10-12,19H2,(H,28,29). The van der Waals surface area contributed by atoms with Gasteiger partial charge in [-0.15, -0.1) is 0 Å². The molecule has 158 valence electrons. The van der Waals surface area contributed by atoms with Crippen LogP contribution in [0.15, 0.2) is 91.0 Å². The third-order valence-corrected chi connectivity index (χ3v) is 6.15. The Morgan fingerprint density at radius 3 is 1.55 bits per heavy atom. The van der Waals surface area contributed by atoms with Gasteiger partial charge in [0.15, 0.2) is 5.60 Å². The molecule has 1 saturated carbocycles. The highest BCUT2D eigenvalue weighted by Crippen LogP contribution is 2.42. The largest absolute Gasteiger partial charge is 0.481 e. The van der Waals surface area contributed by atoms with Gasteiger partial charge in [-0.1, -0.05) is 97.4 Å². The number of benzene rings is 3. The number of hydrogen-bond donors (Lipinski definition) is 1. The third-order valence-electron chi connectivity index (χ3n) is 6.15. The lowest BCUT2D eigenvalue weighted by Crippen LogP contribution is -2.39. The molecule has 0 aliphatic heterocycles. The Morgan fingerprint density at radius 1 is 0.710 bits per heavy atom. The second-order valence-electron chi connectivity index (χ2n) is 8.10. The Morgan fingerprint density at radius 2 is 1.13 bits per heavy atom. The summed E-state index contributed by atoms with van der Waals surface area (Å²) in [7, 11) is 0. The van der Waals surface area contributed by atoms with Crippen LogP contribution in [0.5, 0.6) is 0 Å². The molecule has 3 aromatic rings. The molecule has 0 spiro atoms. The van der Waals surface area contributed by atoms with Crippen LogP contribution in [0.4, 0.5) is 0 Å². The van der Waals surface area contributed by atoms with E-state index in [0.717, 1.165) is 16.7 Å². The molecule has 1 aliphatic carbocycles. The quantitative estimate of drug-likeness (QED) is 0.433. The fourth-order valence-electron chi connectivity index (χ4n) is 4.56. The topological polar surface area (TPSA) is 63.6 Å². The van der Waals surface area contributed by atoms with Crippen LogP contribution < -0.4 is 0 Å². The molecule has 0 radical (unpaired) electrons. The summed E-state index contributed by atoms with van der Waals surface area (Å²) >= 11 is 0. The molecule has 31 heavy (non-hydrogen) atoms. The lowest BCUT2D eigenvalue weighted by atomic mass is 9.78. The highest BCUT2D eigenvalue weighted by molar-refractivity contribution is 5.77. The molecule has 2 unspecified atom stereocenters. The highest BCUT2D eigenvalue weighted by Gasteiger charge is 2.43. The van der Waals surface area contributed by atoms with E-state index in [2.05, 4.69) is 0 Å². The number of ether oxygens (including phenoxy) is 1. The molecule has 4 heteroatoms. The first-order chi connectivity index (χ1) is 15.1. The van der Waals surface area contributed by atoms with Gasteiger partial charge in [-0.05, 0) is 19.3 Å². The van der Waals surface area contributed by atoms with Crippen LogP contribution in [-0.2, 0) is 19.9 Å². The minimum Gasteiger partial charge on any atom is -0.481 e. The van der Waals surface area contributed by atoms with Crippen LogP contribution in [0.1, 0.15) is 42.4 Å². The van der Waals surface area contributed by atoms with E-state index in [1.165, 1.54) is 0 Å². The number of carboxylic acid groups (broad SMARTS) is 1. The van der Waals surface area contributed by atoms with Gasteiger partial charge in [0.1, 0.15) is 0 Å². The fourth-order valence-corrected chi connectivity index (χ4v) is 4.56. The van der Waals surface area contributed by atoms with Gasteiger partial charge in [-0.3, -0.25) is 9.59 Å². The number of carboxylic acids is 1. The number of aliphatic carboxylic acids is 1. The summed E-state index contributed by atoms with van der Waals surface area (Å²) in [6, 6.07) is 29.2. The fraction of sp³-hybridized carbons (Fsp3) is 0.259. The van der Waals surface area contributed by atoms with Crippen molar-refractivity contribution in [1.82, 2.24) is 0 Å². The third kappa shape index (κ3) is 4.24. The van der Waals surface area contributed by atoms with Gasteiger partial charge in [0.25, 0.3) is 0 Å². The molecule has 4 rings (SSSR count). The van der Waals surface area contributed by atoms with Crippen LogP contribution in [0.2, 0.25) is 0 Å². The van der Waals surface area contributed by atoms with E-state index < -0.39 is 23.4 Å². The SMILES string of the molecule is O=C(O)C1CCCC(C(=O)OC(c2ccccc2)(c2ccccc2)c2ccccc2)C1. The zero-order chi connectivity index (χ0) is 21.7. The van der Waals surface area contributed by atoms with Crippen LogP contribution in [0, 0.1) is 11.8 Å². The number of hydrogen-bond acceptors (Lipinski definition) is 3. The molecule has 0 aromatic heterocycles. The summed E-state index contributed by atoms with van der Waals surface area (Å²) in [4.78, 5) is 25.0. The lowest BCUT2D eigenvalue weighted by Gasteiger charge is -2.37. The summed E-state index contributed by atoms with van der Waals surface area (Å²) in [5.41, 5.74) is 1.45. The van der Waals surface area contributed by atoms with Gasteiger partial charge in [0.2, 0.25) is 0 Å². The Labute approximate surface area is 182 Å². The Hall–Kier alpha value is -3.40. The number of rotatable bonds is 6. The summed E-state index contributed by atoms with van der Waals surface area (Å²) in [6.07, 6.45) is 2.30. The predicted octanol–water partition coefficient (Wildman–Crippen LogP) is 5.41.